The summed E-state index contributed by atoms with van der Waals surface area (Å²) >= 11 is 7.47. The Morgan fingerprint density at radius 1 is 1.33 bits per heavy atom. The Kier molecular flexibility index (Phi) is 3.85. The van der Waals surface area contributed by atoms with Crippen molar-refractivity contribution in [1.82, 2.24) is 9.97 Å². The van der Waals surface area contributed by atoms with Crippen LogP contribution < -0.4 is 0 Å². The first-order valence-corrected chi connectivity index (χ1v) is 6.47. The molecule has 3 nitrogen and oxygen atoms in total. The lowest BCUT2D eigenvalue weighted by Crippen LogP contribution is -1.90. The molecule has 2 heterocycles. The summed E-state index contributed by atoms with van der Waals surface area (Å²) in [6, 6.07) is 7.61. The van der Waals surface area contributed by atoms with Gasteiger partial charge in [0.1, 0.15) is 16.1 Å². The van der Waals surface area contributed by atoms with Gasteiger partial charge in [-0.3, -0.25) is 0 Å². The van der Waals surface area contributed by atoms with Crippen molar-refractivity contribution in [2.24, 2.45) is 0 Å². The van der Waals surface area contributed by atoms with Gasteiger partial charge in [-0.05, 0) is 49.4 Å². The zero-order chi connectivity index (χ0) is 13.1. The van der Waals surface area contributed by atoms with Crippen molar-refractivity contribution < 1.29 is 0 Å². The van der Waals surface area contributed by atoms with E-state index in [9.17, 15) is 0 Å². The van der Waals surface area contributed by atoms with Crippen LogP contribution >= 0.6 is 23.4 Å². The fourth-order valence-electron chi connectivity index (χ4n) is 1.54. The summed E-state index contributed by atoms with van der Waals surface area (Å²) in [6.45, 7) is 3.96. The summed E-state index contributed by atoms with van der Waals surface area (Å²) in [6.07, 6.45) is 1.58. The van der Waals surface area contributed by atoms with Crippen molar-refractivity contribution in [2.45, 2.75) is 23.9 Å². The molecule has 0 saturated carbocycles. The first-order valence-electron chi connectivity index (χ1n) is 5.28. The fraction of sp³-hybridized carbons (Fsp3) is 0.154. The number of nitriles is 1. The van der Waals surface area contributed by atoms with Gasteiger partial charge < -0.3 is 0 Å². The van der Waals surface area contributed by atoms with Gasteiger partial charge >= 0.3 is 0 Å². The van der Waals surface area contributed by atoms with E-state index >= 15 is 0 Å². The van der Waals surface area contributed by atoms with E-state index in [0.717, 1.165) is 16.3 Å². The highest BCUT2D eigenvalue weighted by Crippen LogP contribution is 2.32. The molecular formula is C13H10ClN3S. The zero-order valence-electron chi connectivity index (χ0n) is 9.94. The molecule has 0 N–H and O–H groups in total. The topological polar surface area (TPSA) is 49.6 Å². The zero-order valence-corrected chi connectivity index (χ0v) is 11.5. The lowest BCUT2D eigenvalue weighted by atomic mass is 10.3. The Morgan fingerprint density at radius 3 is 2.78 bits per heavy atom. The molecule has 2 rings (SSSR count). The van der Waals surface area contributed by atoms with E-state index in [0.29, 0.717) is 15.6 Å². The van der Waals surface area contributed by atoms with Crippen molar-refractivity contribution in [2.75, 3.05) is 0 Å². The van der Waals surface area contributed by atoms with E-state index in [2.05, 4.69) is 9.97 Å². The van der Waals surface area contributed by atoms with Gasteiger partial charge in [0.25, 0.3) is 0 Å². The average Bonchev–Trinajstić information content (AvgIpc) is 2.30. The third-order valence-electron chi connectivity index (χ3n) is 2.25. The van der Waals surface area contributed by atoms with Crippen LogP contribution in [-0.2, 0) is 0 Å². The molecule has 0 saturated heterocycles. The fourth-order valence-corrected chi connectivity index (χ4v) is 2.75. The maximum absolute atomic E-state index is 8.91. The summed E-state index contributed by atoms with van der Waals surface area (Å²) in [4.78, 5) is 8.59. The van der Waals surface area contributed by atoms with E-state index in [4.69, 9.17) is 16.9 Å². The highest BCUT2D eigenvalue weighted by molar-refractivity contribution is 7.99. The molecule has 0 aromatic carbocycles. The minimum Gasteiger partial charge on any atom is -0.248 e. The molecule has 0 atom stereocenters. The van der Waals surface area contributed by atoms with Crippen LogP contribution in [0.15, 0.2) is 34.4 Å². The standard InChI is InChI=1S/C13H10ClN3S/c1-8-5-9(2)17-11(6-8)18-13-12(14)10(7-15)3-4-16-13/h3-6H,1-2H3. The van der Waals surface area contributed by atoms with Gasteiger partial charge in [-0.25, -0.2) is 9.97 Å². The quantitative estimate of drug-likeness (QED) is 0.837. The number of pyridine rings is 2. The summed E-state index contributed by atoms with van der Waals surface area (Å²) in [5, 5.41) is 10.7. The SMILES string of the molecule is Cc1cc(C)nc(Sc2nccc(C#N)c2Cl)c1. The van der Waals surface area contributed by atoms with Crippen molar-refractivity contribution in [3.63, 3.8) is 0 Å². The number of nitrogens with zero attached hydrogens (tertiary/aromatic N) is 3. The highest BCUT2D eigenvalue weighted by Gasteiger charge is 2.10. The second kappa shape index (κ2) is 5.38. The molecule has 0 unspecified atom stereocenters. The molecule has 90 valence electrons. The molecule has 18 heavy (non-hydrogen) atoms. The first-order chi connectivity index (χ1) is 8.60. The third kappa shape index (κ3) is 2.81. The molecule has 2 aromatic rings. The average molecular weight is 276 g/mol. The van der Waals surface area contributed by atoms with Gasteiger partial charge in [-0.2, -0.15) is 5.26 Å². The van der Waals surface area contributed by atoms with Gasteiger partial charge in [0.2, 0.25) is 0 Å². The van der Waals surface area contributed by atoms with Gasteiger partial charge in [-0.15, -0.1) is 0 Å². The molecule has 0 aliphatic heterocycles. The third-order valence-corrected chi connectivity index (χ3v) is 3.67. The van der Waals surface area contributed by atoms with Gasteiger partial charge in [0.15, 0.2) is 0 Å². The number of hydrogen-bond donors (Lipinski definition) is 0. The van der Waals surface area contributed by atoms with Crippen LogP contribution in [0.1, 0.15) is 16.8 Å². The Labute approximate surface area is 115 Å². The maximum atomic E-state index is 8.91. The Hall–Kier alpha value is -1.57. The summed E-state index contributed by atoms with van der Waals surface area (Å²) in [5.41, 5.74) is 2.51. The molecule has 0 aliphatic rings. The van der Waals surface area contributed by atoms with E-state index in [-0.39, 0.29) is 0 Å². The first kappa shape index (κ1) is 12.9. The Morgan fingerprint density at radius 2 is 2.11 bits per heavy atom. The predicted octanol–water partition coefficient (Wildman–Crippen LogP) is 3.77. The van der Waals surface area contributed by atoms with Gasteiger partial charge in [0, 0.05) is 11.9 Å². The van der Waals surface area contributed by atoms with Crippen molar-refractivity contribution in [3.05, 3.63) is 46.2 Å². The van der Waals surface area contributed by atoms with Crippen LogP contribution in [0.3, 0.4) is 0 Å². The number of hydrogen-bond acceptors (Lipinski definition) is 4. The molecule has 2 aromatic heterocycles. The number of halogens is 1. The van der Waals surface area contributed by atoms with Crippen LogP contribution in [0.2, 0.25) is 5.02 Å². The molecule has 0 spiro atoms. The van der Waals surface area contributed by atoms with Gasteiger partial charge in [0.05, 0.1) is 10.6 Å². The molecule has 0 amide bonds. The van der Waals surface area contributed by atoms with Crippen LogP contribution in [0.4, 0.5) is 0 Å². The molecule has 0 radical (unpaired) electrons. The second-order valence-electron chi connectivity index (χ2n) is 3.82. The minimum atomic E-state index is 0.381. The highest BCUT2D eigenvalue weighted by atomic mass is 35.5. The minimum absolute atomic E-state index is 0.381. The van der Waals surface area contributed by atoms with Crippen LogP contribution in [-0.4, -0.2) is 9.97 Å². The van der Waals surface area contributed by atoms with Crippen LogP contribution in [0.25, 0.3) is 0 Å². The Balaban J connectivity index is 2.37. The number of rotatable bonds is 2. The molecular weight excluding hydrogens is 266 g/mol. The molecule has 5 heteroatoms. The van der Waals surface area contributed by atoms with E-state index < -0.39 is 0 Å². The second-order valence-corrected chi connectivity index (χ2v) is 5.20. The van der Waals surface area contributed by atoms with E-state index in [1.54, 1.807) is 12.3 Å². The number of aromatic nitrogens is 2. The van der Waals surface area contributed by atoms with Crippen molar-refractivity contribution in [3.8, 4) is 6.07 Å². The Bertz CT molecular complexity index is 614. The largest absolute Gasteiger partial charge is 0.248 e. The maximum Gasteiger partial charge on any atom is 0.122 e. The van der Waals surface area contributed by atoms with Crippen molar-refractivity contribution >= 4 is 23.4 Å². The molecule has 0 aliphatic carbocycles. The van der Waals surface area contributed by atoms with Gasteiger partial charge in [-0.1, -0.05) is 11.6 Å². The van der Waals surface area contributed by atoms with Crippen LogP contribution in [0, 0.1) is 25.2 Å². The van der Waals surface area contributed by atoms with E-state index in [1.165, 1.54) is 11.8 Å². The van der Waals surface area contributed by atoms with E-state index in [1.807, 2.05) is 32.0 Å². The summed E-state index contributed by atoms with van der Waals surface area (Å²) in [5.74, 6) is 0. The summed E-state index contributed by atoms with van der Waals surface area (Å²) in [7, 11) is 0. The monoisotopic (exact) mass is 275 g/mol. The lowest BCUT2D eigenvalue weighted by molar-refractivity contribution is 1.03. The molecule has 0 bridgehead atoms. The van der Waals surface area contributed by atoms with Crippen molar-refractivity contribution in [1.29, 1.82) is 5.26 Å². The molecule has 0 fully saturated rings. The number of aryl methyl sites for hydroxylation is 2. The smallest absolute Gasteiger partial charge is 0.122 e. The normalized spacial score (nSPS) is 10.1. The predicted molar refractivity (Wildman–Crippen MR) is 71.8 cm³/mol. The lowest BCUT2D eigenvalue weighted by Gasteiger charge is -2.05. The van der Waals surface area contributed by atoms with Crippen LogP contribution in [0.5, 0.6) is 0 Å². The summed E-state index contributed by atoms with van der Waals surface area (Å²) < 4.78 is 0.